The molecule has 2 N–H and O–H groups in total. The van der Waals surface area contributed by atoms with Gasteiger partial charge in [0.15, 0.2) is 0 Å². The van der Waals surface area contributed by atoms with Crippen molar-refractivity contribution in [2.75, 3.05) is 4.90 Å². The van der Waals surface area contributed by atoms with E-state index in [4.69, 9.17) is 5.11 Å². The van der Waals surface area contributed by atoms with E-state index in [0.29, 0.717) is 24.1 Å². The maximum atomic E-state index is 11.1. The third kappa shape index (κ3) is 5.01. The van der Waals surface area contributed by atoms with E-state index in [-0.39, 0.29) is 11.3 Å². The van der Waals surface area contributed by atoms with Gasteiger partial charge in [0, 0.05) is 17.8 Å². The molecule has 2 aromatic carbocycles. The number of hydrogen-bond acceptors (Lipinski definition) is 3. The number of anilines is 1. The zero-order valence-corrected chi connectivity index (χ0v) is 16.1. The number of hydrogen-bond donors (Lipinski definition) is 2. The predicted molar refractivity (Wildman–Crippen MR) is 106 cm³/mol. The van der Waals surface area contributed by atoms with Crippen molar-refractivity contribution in [3.63, 3.8) is 0 Å². The predicted octanol–water partition coefficient (Wildman–Crippen LogP) is 4.89. The third-order valence-corrected chi connectivity index (χ3v) is 4.56. The van der Waals surface area contributed by atoms with Crippen molar-refractivity contribution < 1.29 is 15.0 Å². The Morgan fingerprint density at radius 3 is 2.31 bits per heavy atom. The molecule has 0 unspecified atom stereocenters. The Bertz CT molecular complexity index is 745. The lowest BCUT2D eigenvalue weighted by molar-refractivity contribution is 0.0696. The molecule has 2 rings (SSSR count). The van der Waals surface area contributed by atoms with Crippen molar-refractivity contribution in [3.05, 3.63) is 59.2 Å². The molecule has 0 amide bonds. The van der Waals surface area contributed by atoms with Crippen LogP contribution in [0.3, 0.4) is 0 Å². The number of nitrogens with zero attached hydrogens (tertiary/aromatic N) is 1. The average Bonchev–Trinajstić information content (AvgIpc) is 2.56. The van der Waals surface area contributed by atoms with Crippen LogP contribution < -0.4 is 4.90 Å². The van der Waals surface area contributed by atoms with E-state index in [1.165, 1.54) is 23.4 Å². The standard InChI is InChI=1S/C22H29NO3/c1-15(2)23(16(3)4)20-10-6-8-17(13-20)7-5-9-18-14-19(22(25)26)11-12-21(18)24/h6,8,10-16,24H,5,7,9H2,1-4H3,(H,25,26). The number of phenolic OH excluding ortho intramolecular Hbond substituents is 1. The van der Waals surface area contributed by atoms with Crippen molar-refractivity contribution in [3.8, 4) is 5.75 Å². The highest BCUT2D eigenvalue weighted by atomic mass is 16.4. The lowest BCUT2D eigenvalue weighted by Crippen LogP contribution is -2.36. The summed E-state index contributed by atoms with van der Waals surface area (Å²) in [6.45, 7) is 8.80. The van der Waals surface area contributed by atoms with E-state index in [9.17, 15) is 9.90 Å². The van der Waals surface area contributed by atoms with E-state index in [2.05, 4.69) is 56.9 Å². The fourth-order valence-electron chi connectivity index (χ4n) is 3.47. The highest BCUT2D eigenvalue weighted by molar-refractivity contribution is 5.88. The minimum atomic E-state index is -0.971. The fourth-order valence-corrected chi connectivity index (χ4v) is 3.47. The first-order valence-electron chi connectivity index (χ1n) is 9.22. The Morgan fingerprint density at radius 2 is 1.69 bits per heavy atom. The molecule has 4 heteroatoms. The molecule has 0 heterocycles. The lowest BCUT2D eigenvalue weighted by Gasteiger charge is -2.33. The van der Waals surface area contributed by atoms with Crippen LogP contribution >= 0.6 is 0 Å². The van der Waals surface area contributed by atoms with Crippen molar-refractivity contribution in [1.82, 2.24) is 0 Å². The van der Waals surface area contributed by atoms with Gasteiger partial charge in [-0.05, 0) is 88.4 Å². The van der Waals surface area contributed by atoms with E-state index in [1.807, 2.05) is 0 Å². The van der Waals surface area contributed by atoms with E-state index in [1.54, 1.807) is 6.07 Å². The number of aromatic hydroxyl groups is 1. The number of carboxylic acids is 1. The van der Waals surface area contributed by atoms with Crippen LogP contribution in [0, 0.1) is 0 Å². The molecule has 0 bridgehead atoms. The number of carboxylic acid groups (broad SMARTS) is 1. The van der Waals surface area contributed by atoms with Crippen LogP contribution in [0.4, 0.5) is 5.69 Å². The largest absolute Gasteiger partial charge is 0.508 e. The summed E-state index contributed by atoms with van der Waals surface area (Å²) in [4.78, 5) is 13.5. The monoisotopic (exact) mass is 355 g/mol. The normalized spacial score (nSPS) is 11.2. The molecule has 2 aromatic rings. The van der Waals surface area contributed by atoms with Gasteiger partial charge < -0.3 is 15.1 Å². The maximum Gasteiger partial charge on any atom is 0.335 e. The molecule has 26 heavy (non-hydrogen) atoms. The summed E-state index contributed by atoms with van der Waals surface area (Å²) in [6.07, 6.45) is 2.38. The number of phenols is 1. The lowest BCUT2D eigenvalue weighted by atomic mass is 10.0. The molecule has 0 atom stereocenters. The van der Waals surface area contributed by atoms with Gasteiger partial charge >= 0.3 is 5.97 Å². The summed E-state index contributed by atoms with van der Waals surface area (Å²) in [5.41, 5.74) is 3.38. The minimum Gasteiger partial charge on any atom is -0.508 e. The number of aromatic carboxylic acids is 1. The van der Waals surface area contributed by atoms with Gasteiger partial charge in [0.2, 0.25) is 0 Å². The van der Waals surface area contributed by atoms with E-state index < -0.39 is 5.97 Å². The number of rotatable bonds is 8. The number of carbonyl (C=O) groups is 1. The summed E-state index contributed by atoms with van der Waals surface area (Å²) < 4.78 is 0. The van der Waals surface area contributed by atoms with Gasteiger partial charge in [-0.15, -0.1) is 0 Å². The molecule has 0 spiro atoms. The summed E-state index contributed by atoms with van der Waals surface area (Å²) >= 11 is 0. The highest BCUT2D eigenvalue weighted by Crippen LogP contribution is 2.24. The van der Waals surface area contributed by atoms with Gasteiger partial charge in [-0.1, -0.05) is 12.1 Å². The van der Waals surface area contributed by atoms with E-state index in [0.717, 1.165) is 12.8 Å². The van der Waals surface area contributed by atoms with Crippen molar-refractivity contribution in [1.29, 1.82) is 0 Å². The van der Waals surface area contributed by atoms with Crippen molar-refractivity contribution >= 4 is 11.7 Å². The van der Waals surface area contributed by atoms with Crippen LogP contribution in [-0.2, 0) is 12.8 Å². The van der Waals surface area contributed by atoms with Gasteiger partial charge in [0.05, 0.1) is 5.56 Å². The number of benzene rings is 2. The Morgan fingerprint density at radius 1 is 1.00 bits per heavy atom. The Balaban J connectivity index is 2.06. The van der Waals surface area contributed by atoms with Gasteiger partial charge in [0.25, 0.3) is 0 Å². The molecule has 140 valence electrons. The second-order valence-corrected chi connectivity index (χ2v) is 7.27. The first kappa shape index (κ1) is 19.8. The summed E-state index contributed by atoms with van der Waals surface area (Å²) in [7, 11) is 0. The van der Waals surface area contributed by atoms with Gasteiger partial charge in [-0.2, -0.15) is 0 Å². The molecule has 0 aliphatic rings. The Kier molecular flexibility index (Phi) is 6.67. The fraction of sp³-hybridized carbons (Fsp3) is 0.409. The van der Waals surface area contributed by atoms with Crippen LogP contribution in [0.1, 0.15) is 55.6 Å². The SMILES string of the molecule is CC(C)N(c1cccc(CCCc2cc(C(=O)O)ccc2O)c1)C(C)C. The molecule has 0 saturated heterocycles. The van der Waals surface area contributed by atoms with Crippen LogP contribution in [-0.4, -0.2) is 28.3 Å². The van der Waals surface area contributed by atoms with Crippen LogP contribution in [0.15, 0.2) is 42.5 Å². The molecule has 0 fully saturated rings. The molecular formula is C22H29NO3. The first-order valence-corrected chi connectivity index (χ1v) is 9.22. The first-order chi connectivity index (χ1) is 12.3. The quantitative estimate of drug-likeness (QED) is 0.708. The topological polar surface area (TPSA) is 60.8 Å². The maximum absolute atomic E-state index is 11.1. The van der Waals surface area contributed by atoms with Crippen molar-refractivity contribution in [2.24, 2.45) is 0 Å². The highest BCUT2D eigenvalue weighted by Gasteiger charge is 2.14. The number of aryl methyl sites for hydroxylation is 2. The second kappa shape index (κ2) is 8.75. The van der Waals surface area contributed by atoms with Crippen LogP contribution in [0.5, 0.6) is 5.75 Å². The molecular weight excluding hydrogens is 326 g/mol. The zero-order valence-electron chi connectivity index (χ0n) is 16.1. The van der Waals surface area contributed by atoms with Gasteiger partial charge in [-0.3, -0.25) is 0 Å². The summed E-state index contributed by atoms with van der Waals surface area (Å²) in [6, 6.07) is 13.9. The van der Waals surface area contributed by atoms with Crippen LogP contribution in [0.2, 0.25) is 0 Å². The third-order valence-electron chi connectivity index (χ3n) is 4.56. The van der Waals surface area contributed by atoms with Crippen molar-refractivity contribution in [2.45, 2.75) is 59.0 Å². The zero-order chi connectivity index (χ0) is 19.3. The van der Waals surface area contributed by atoms with E-state index >= 15 is 0 Å². The molecule has 0 radical (unpaired) electrons. The second-order valence-electron chi connectivity index (χ2n) is 7.27. The van der Waals surface area contributed by atoms with Crippen LogP contribution in [0.25, 0.3) is 0 Å². The Labute approximate surface area is 156 Å². The average molecular weight is 355 g/mol. The van der Waals surface area contributed by atoms with Gasteiger partial charge in [-0.25, -0.2) is 4.79 Å². The summed E-state index contributed by atoms with van der Waals surface area (Å²) in [5.74, 6) is -0.809. The summed E-state index contributed by atoms with van der Waals surface area (Å²) in [5, 5.41) is 19.0. The minimum absolute atomic E-state index is 0.162. The molecule has 0 aromatic heterocycles. The van der Waals surface area contributed by atoms with Gasteiger partial charge in [0.1, 0.15) is 5.75 Å². The Hall–Kier alpha value is -2.49. The molecule has 0 saturated carbocycles. The smallest absolute Gasteiger partial charge is 0.335 e. The molecule has 0 aliphatic heterocycles. The molecule has 0 aliphatic carbocycles. The molecule has 4 nitrogen and oxygen atoms in total.